The van der Waals surface area contributed by atoms with E-state index in [0.29, 0.717) is 17.6 Å². The van der Waals surface area contributed by atoms with Gasteiger partial charge in [0.1, 0.15) is 5.78 Å². The quantitative estimate of drug-likeness (QED) is 0.627. The van der Waals surface area contributed by atoms with Crippen LogP contribution in [0.5, 0.6) is 0 Å². The van der Waals surface area contributed by atoms with Crippen LogP contribution in [0.4, 0.5) is 0 Å². The summed E-state index contributed by atoms with van der Waals surface area (Å²) in [6, 6.07) is 0. The lowest BCUT2D eigenvalue weighted by Crippen LogP contribution is -2.31. The van der Waals surface area contributed by atoms with Crippen LogP contribution in [0.2, 0.25) is 0 Å². The Balaban J connectivity index is 2.54. The molecule has 1 nitrogen and oxygen atoms in total. The van der Waals surface area contributed by atoms with Crippen molar-refractivity contribution in [3.8, 4) is 0 Å². The van der Waals surface area contributed by atoms with Crippen LogP contribution in [0, 0.1) is 17.8 Å². The van der Waals surface area contributed by atoms with Gasteiger partial charge in [-0.05, 0) is 38.0 Å². The van der Waals surface area contributed by atoms with E-state index in [9.17, 15) is 4.79 Å². The molecule has 80 valence electrons. The number of allylic oxidation sites excluding steroid dienone is 1. The number of Topliss-reactive ketones (excluding diaryl/α,β-unsaturated/α-hetero) is 1. The molecule has 1 rings (SSSR count). The lowest BCUT2D eigenvalue weighted by Gasteiger charge is -2.33. The molecular weight excluding hydrogens is 172 g/mol. The van der Waals surface area contributed by atoms with Gasteiger partial charge in [0.2, 0.25) is 0 Å². The predicted octanol–water partition coefficient (Wildman–Crippen LogP) is 3.59. The third-order valence-corrected chi connectivity index (χ3v) is 3.63. The molecule has 1 heteroatoms. The Bertz CT molecular complexity index is 229. The van der Waals surface area contributed by atoms with E-state index in [-0.39, 0.29) is 5.92 Å². The van der Waals surface area contributed by atoms with Crippen LogP contribution in [0.3, 0.4) is 0 Å². The van der Waals surface area contributed by atoms with E-state index >= 15 is 0 Å². The van der Waals surface area contributed by atoms with Crippen LogP contribution < -0.4 is 0 Å². The topological polar surface area (TPSA) is 17.1 Å². The predicted molar refractivity (Wildman–Crippen MR) is 60.1 cm³/mol. The van der Waals surface area contributed by atoms with E-state index in [0.717, 1.165) is 25.7 Å². The van der Waals surface area contributed by atoms with Crippen LogP contribution in [0.15, 0.2) is 12.2 Å². The molecule has 0 aromatic heterocycles. The minimum Gasteiger partial charge on any atom is -0.299 e. The first kappa shape index (κ1) is 11.5. The number of ketones is 1. The monoisotopic (exact) mass is 194 g/mol. The van der Waals surface area contributed by atoms with Gasteiger partial charge in [-0.25, -0.2) is 0 Å². The number of hydrogen-bond acceptors (Lipinski definition) is 1. The van der Waals surface area contributed by atoms with Crippen molar-refractivity contribution in [3.05, 3.63) is 12.2 Å². The number of carbonyl (C=O) groups is 1. The molecule has 0 heterocycles. The molecule has 0 N–H and O–H groups in total. The zero-order chi connectivity index (χ0) is 10.7. The highest BCUT2D eigenvalue weighted by atomic mass is 16.1. The van der Waals surface area contributed by atoms with Gasteiger partial charge in [-0.15, -0.1) is 6.58 Å². The smallest absolute Gasteiger partial charge is 0.135 e. The summed E-state index contributed by atoms with van der Waals surface area (Å²) in [4.78, 5) is 11.6. The van der Waals surface area contributed by atoms with Crippen molar-refractivity contribution in [2.24, 2.45) is 17.8 Å². The summed E-state index contributed by atoms with van der Waals surface area (Å²) < 4.78 is 0. The van der Waals surface area contributed by atoms with Crippen molar-refractivity contribution in [2.75, 3.05) is 0 Å². The standard InChI is InChI=1S/C13H22O/c1-9(2)5-7-12-10(3)6-8-13(14)11(12)4/h10-12H,1,5-8H2,2-4H3/t10-,11-,12-/m1/s1. The van der Waals surface area contributed by atoms with Crippen molar-refractivity contribution in [2.45, 2.75) is 46.5 Å². The Morgan fingerprint density at radius 3 is 2.71 bits per heavy atom. The average Bonchev–Trinajstić information content (AvgIpc) is 2.11. The molecule has 14 heavy (non-hydrogen) atoms. The minimum absolute atomic E-state index is 0.276. The van der Waals surface area contributed by atoms with Crippen molar-refractivity contribution >= 4 is 5.78 Å². The SMILES string of the molecule is C=C(C)CC[C@@H]1[C@H](C)CCC(=O)[C@@H]1C. The molecular formula is C13H22O. The van der Waals surface area contributed by atoms with E-state index in [1.165, 1.54) is 5.57 Å². The van der Waals surface area contributed by atoms with E-state index < -0.39 is 0 Å². The van der Waals surface area contributed by atoms with Crippen LogP contribution in [-0.4, -0.2) is 5.78 Å². The van der Waals surface area contributed by atoms with Crippen LogP contribution in [0.25, 0.3) is 0 Å². The Morgan fingerprint density at radius 2 is 2.14 bits per heavy atom. The maximum atomic E-state index is 11.6. The summed E-state index contributed by atoms with van der Waals surface area (Å²) in [7, 11) is 0. The van der Waals surface area contributed by atoms with E-state index in [1.54, 1.807) is 0 Å². The number of carbonyl (C=O) groups excluding carboxylic acids is 1. The molecule has 1 fully saturated rings. The van der Waals surface area contributed by atoms with Crippen molar-refractivity contribution in [1.82, 2.24) is 0 Å². The third-order valence-electron chi connectivity index (χ3n) is 3.63. The summed E-state index contributed by atoms with van der Waals surface area (Å²) in [5, 5.41) is 0. The van der Waals surface area contributed by atoms with E-state index in [1.807, 2.05) is 0 Å². The largest absolute Gasteiger partial charge is 0.299 e. The fourth-order valence-electron chi connectivity index (χ4n) is 2.49. The van der Waals surface area contributed by atoms with Gasteiger partial charge in [-0.2, -0.15) is 0 Å². The second kappa shape index (κ2) is 4.77. The highest BCUT2D eigenvalue weighted by Gasteiger charge is 2.32. The van der Waals surface area contributed by atoms with E-state index in [4.69, 9.17) is 0 Å². The molecule has 0 radical (unpaired) electrons. The molecule has 0 saturated heterocycles. The fourth-order valence-corrected chi connectivity index (χ4v) is 2.49. The highest BCUT2D eigenvalue weighted by Crippen LogP contribution is 2.35. The Morgan fingerprint density at radius 1 is 1.50 bits per heavy atom. The molecule has 0 spiro atoms. The highest BCUT2D eigenvalue weighted by molar-refractivity contribution is 5.81. The normalized spacial score (nSPS) is 33.1. The molecule has 0 aromatic carbocycles. The average molecular weight is 194 g/mol. The molecule has 1 saturated carbocycles. The van der Waals surface area contributed by atoms with Gasteiger partial charge in [0, 0.05) is 12.3 Å². The van der Waals surface area contributed by atoms with Crippen LogP contribution in [-0.2, 0) is 4.79 Å². The zero-order valence-corrected chi connectivity index (χ0v) is 9.68. The fraction of sp³-hybridized carbons (Fsp3) is 0.769. The molecule has 0 amide bonds. The maximum Gasteiger partial charge on any atom is 0.135 e. The van der Waals surface area contributed by atoms with Crippen molar-refractivity contribution in [1.29, 1.82) is 0 Å². The third kappa shape index (κ3) is 2.70. The van der Waals surface area contributed by atoms with Crippen molar-refractivity contribution < 1.29 is 4.79 Å². The van der Waals surface area contributed by atoms with Crippen LogP contribution >= 0.6 is 0 Å². The van der Waals surface area contributed by atoms with Gasteiger partial charge in [-0.3, -0.25) is 4.79 Å². The molecule has 3 atom stereocenters. The summed E-state index contributed by atoms with van der Waals surface area (Å²) in [6.45, 7) is 10.4. The first-order valence-electron chi connectivity index (χ1n) is 5.69. The summed E-state index contributed by atoms with van der Waals surface area (Å²) in [5.74, 6) is 2.04. The second-order valence-electron chi connectivity index (χ2n) is 4.93. The maximum absolute atomic E-state index is 11.6. The zero-order valence-electron chi connectivity index (χ0n) is 9.68. The van der Waals surface area contributed by atoms with Crippen molar-refractivity contribution in [3.63, 3.8) is 0 Å². The minimum atomic E-state index is 0.276. The van der Waals surface area contributed by atoms with E-state index in [2.05, 4.69) is 27.4 Å². The van der Waals surface area contributed by atoms with Gasteiger partial charge < -0.3 is 0 Å². The summed E-state index contributed by atoms with van der Waals surface area (Å²) >= 11 is 0. The van der Waals surface area contributed by atoms with Crippen LogP contribution in [0.1, 0.15) is 46.5 Å². The first-order valence-corrected chi connectivity index (χ1v) is 5.69. The van der Waals surface area contributed by atoms with Gasteiger partial charge in [0.05, 0.1) is 0 Å². The second-order valence-corrected chi connectivity index (χ2v) is 4.93. The Labute approximate surface area is 87.6 Å². The molecule has 1 aliphatic rings. The van der Waals surface area contributed by atoms with Gasteiger partial charge in [0.15, 0.2) is 0 Å². The number of hydrogen-bond donors (Lipinski definition) is 0. The molecule has 0 aromatic rings. The first-order chi connectivity index (χ1) is 6.52. The number of rotatable bonds is 3. The summed E-state index contributed by atoms with van der Waals surface area (Å²) in [5.41, 5.74) is 1.24. The lowest BCUT2D eigenvalue weighted by molar-refractivity contribution is -0.127. The molecule has 0 unspecified atom stereocenters. The Kier molecular flexibility index (Phi) is 3.91. The summed E-state index contributed by atoms with van der Waals surface area (Å²) in [6.07, 6.45) is 4.10. The molecule has 0 bridgehead atoms. The molecule has 1 aliphatic carbocycles. The van der Waals surface area contributed by atoms with Gasteiger partial charge >= 0.3 is 0 Å². The Hall–Kier alpha value is -0.590. The molecule has 0 aliphatic heterocycles. The lowest BCUT2D eigenvalue weighted by atomic mass is 9.71. The van der Waals surface area contributed by atoms with Gasteiger partial charge in [0.25, 0.3) is 0 Å². The van der Waals surface area contributed by atoms with Gasteiger partial charge in [-0.1, -0.05) is 19.4 Å².